The SMILES string of the molecule is O=C1OC(c2sc3cc(Br)ccc3c2Cl)=N/C1=C/c1cc(Br)ccc1OC(=O)c1ccco1. The summed E-state index contributed by atoms with van der Waals surface area (Å²) in [4.78, 5) is 29.8. The van der Waals surface area contributed by atoms with Crippen molar-refractivity contribution in [3.63, 3.8) is 0 Å². The van der Waals surface area contributed by atoms with Crippen LogP contribution in [0.2, 0.25) is 5.02 Å². The molecule has 2 aromatic carbocycles. The molecule has 10 heteroatoms. The van der Waals surface area contributed by atoms with Gasteiger partial charge in [0, 0.05) is 24.6 Å². The number of ether oxygens (including phenoxy) is 2. The molecule has 0 atom stereocenters. The molecule has 164 valence electrons. The number of esters is 2. The summed E-state index contributed by atoms with van der Waals surface area (Å²) < 4.78 is 18.5. The Morgan fingerprint density at radius 3 is 2.70 bits per heavy atom. The van der Waals surface area contributed by atoms with Gasteiger partial charge in [-0.15, -0.1) is 11.3 Å². The number of cyclic esters (lactones) is 1. The van der Waals surface area contributed by atoms with Crippen LogP contribution in [-0.2, 0) is 9.53 Å². The molecule has 2 aromatic heterocycles. The van der Waals surface area contributed by atoms with Crippen molar-refractivity contribution in [2.24, 2.45) is 4.99 Å². The minimum atomic E-state index is -0.664. The van der Waals surface area contributed by atoms with E-state index < -0.39 is 11.9 Å². The van der Waals surface area contributed by atoms with Crippen molar-refractivity contribution in [1.29, 1.82) is 0 Å². The number of aliphatic imine (C=N–C) groups is 1. The zero-order valence-corrected chi connectivity index (χ0v) is 21.0. The third-order valence-corrected chi connectivity index (χ3v) is 7.23. The molecule has 1 aliphatic heterocycles. The number of nitrogens with zero attached hydrogens (tertiary/aromatic N) is 1. The highest BCUT2D eigenvalue weighted by atomic mass is 79.9. The normalized spacial score (nSPS) is 14.6. The van der Waals surface area contributed by atoms with Gasteiger partial charge in [-0.2, -0.15) is 0 Å². The van der Waals surface area contributed by atoms with Crippen molar-refractivity contribution in [3.05, 3.63) is 90.7 Å². The molecule has 3 heterocycles. The van der Waals surface area contributed by atoms with E-state index >= 15 is 0 Å². The minimum Gasteiger partial charge on any atom is -0.457 e. The fourth-order valence-corrected chi connectivity index (χ4v) is 5.47. The number of furan rings is 1. The quantitative estimate of drug-likeness (QED) is 0.139. The summed E-state index contributed by atoms with van der Waals surface area (Å²) in [7, 11) is 0. The van der Waals surface area contributed by atoms with Crippen LogP contribution in [0.1, 0.15) is 21.0 Å². The van der Waals surface area contributed by atoms with Gasteiger partial charge >= 0.3 is 11.9 Å². The Morgan fingerprint density at radius 2 is 1.91 bits per heavy atom. The highest BCUT2D eigenvalue weighted by Gasteiger charge is 2.28. The summed E-state index contributed by atoms with van der Waals surface area (Å²) in [6.45, 7) is 0. The second kappa shape index (κ2) is 8.90. The van der Waals surface area contributed by atoms with Crippen LogP contribution < -0.4 is 4.74 Å². The van der Waals surface area contributed by atoms with Crippen LogP contribution in [0.15, 0.2) is 78.8 Å². The molecule has 4 aromatic rings. The van der Waals surface area contributed by atoms with Crippen molar-refractivity contribution < 1.29 is 23.5 Å². The molecule has 0 fully saturated rings. The summed E-state index contributed by atoms with van der Waals surface area (Å²) in [5, 5.41) is 1.31. The van der Waals surface area contributed by atoms with Crippen LogP contribution in [0.4, 0.5) is 0 Å². The van der Waals surface area contributed by atoms with E-state index in [2.05, 4.69) is 36.9 Å². The lowest BCUT2D eigenvalue weighted by Gasteiger charge is -2.07. The molecule has 0 aliphatic carbocycles. The van der Waals surface area contributed by atoms with Crippen molar-refractivity contribution in [2.45, 2.75) is 0 Å². The molecule has 33 heavy (non-hydrogen) atoms. The molecule has 6 nitrogen and oxygen atoms in total. The Labute approximate surface area is 212 Å². The first-order valence-electron chi connectivity index (χ1n) is 9.35. The number of thiophene rings is 1. The Kier molecular flexibility index (Phi) is 5.96. The number of carbonyl (C=O) groups is 2. The van der Waals surface area contributed by atoms with Gasteiger partial charge in [0.05, 0.1) is 11.3 Å². The Morgan fingerprint density at radius 1 is 1.12 bits per heavy atom. The van der Waals surface area contributed by atoms with Gasteiger partial charge in [0.25, 0.3) is 0 Å². The lowest BCUT2D eigenvalue weighted by Crippen LogP contribution is -2.08. The van der Waals surface area contributed by atoms with E-state index in [1.165, 1.54) is 29.7 Å². The van der Waals surface area contributed by atoms with Crippen LogP contribution in [0.25, 0.3) is 16.2 Å². The van der Waals surface area contributed by atoms with E-state index in [0.29, 0.717) is 15.5 Å². The van der Waals surface area contributed by atoms with E-state index in [0.717, 1.165) is 19.0 Å². The first-order chi connectivity index (χ1) is 15.9. The van der Waals surface area contributed by atoms with Gasteiger partial charge in [-0.3, -0.25) is 0 Å². The van der Waals surface area contributed by atoms with Crippen LogP contribution in [-0.4, -0.2) is 17.8 Å². The molecule has 0 spiro atoms. The van der Waals surface area contributed by atoms with Gasteiger partial charge in [-0.25, -0.2) is 14.6 Å². The fraction of sp³-hybridized carbons (Fsp3) is 0. The average molecular weight is 608 g/mol. The summed E-state index contributed by atoms with van der Waals surface area (Å²) in [5.74, 6) is -0.888. The summed E-state index contributed by atoms with van der Waals surface area (Å²) in [5.41, 5.74) is 0.501. The smallest absolute Gasteiger partial charge is 0.379 e. The van der Waals surface area contributed by atoms with E-state index in [-0.39, 0.29) is 23.1 Å². The van der Waals surface area contributed by atoms with Crippen molar-refractivity contribution in [2.75, 3.05) is 0 Å². The number of hydrogen-bond donors (Lipinski definition) is 0. The second-order valence-electron chi connectivity index (χ2n) is 6.77. The highest BCUT2D eigenvalue weighted by Crippen LogP contribution is 2.39. The van der Waals surface area contributed by atoms with Crippen LogP contribution in [0.3, 0.4) is 0 Å². The molecule has 0 saturated heterocycles. The first kappa shape index (κ1) is 22.1. The molecular weight excluding hydrogens is 598 g/mol. The van der Waals surface area contributed by atoms with Crippen LogP contribution >= 0.6 is 54.8 Å². The van der Waals surface area contributed by atoms with Crippen LogP contribution in [0.5, 0.6) is 5.75 Å². The lowest BCUT2D eigenvalue weighted by atomic mass is 10.1. The molecular formula is C23H10Br2ClNO5S. The number of carbonyl (C=O) groups excluding carboxylic acids is 2. The van der Waals surface area contributed by atoms with Gasteiger partial charge in [0.15, 0.2) is 5.70 Å². The summed E-state index contributed by atoms with van der Waals surface area (Å²) >= 11 is 14.7. The number of rotatable bonds is 4. The standard InChI is InChI=1S/C23H10Br2ClNO5S/c24-12-4-6-16(31-23(29)17-2-1-7-30-17)11(8-12)9-15-22(28)32-21(27-15)20-19(26)14-5-3-13(25)10-18(14)33-20/h1-10H/b15-9+. The Balaban J connectivity index is 1.51. The van der Waals surface area contributed by atoms with Crippen molar-refractivity contribution in [1.82, 2.24) is 0 Å². The largest absolute Gasteiger partial charge is 0.457 e. The van der Waals surface area contributed by atoms with Crippen molar-refractivity contribution in [3.8, 4) is 5.75 Å². The zero-order chi connectivity index (χ0) is 23.1. The number of fused-ring (bicyclic) bond motifs is 1. The molecule has 0 saturated carbocycles. The Bertz CT molecular complexity index is 1490. The molecule has 0 unspecified atom stereocenters. The van der Waals surface area contributed by atoms with E-state index in [4.69, 9.17) is 25.5 Å². The Hall–Kier alpha value is -2.72. The monoisotopic (exact) mass is 605 g/mol. The molecule has 0 radical (unpaired) electrons. The molecule has 0 amide bonds. The van der Waals surface area contributed by atoms with Gasteiger partial charge < -0.3 is 13.9 Å². The maximum absolute atomic E-state index is 12.6. The molecule has 1 aliphatic rings. The number of hydrogen-bond acceptors (Lipinski definition) is 7. The highest BCUT2D eigenvalue weighted by molar-refractivity contribution is 9.10. The van der Waals surface area contributed by atoms with Gasteiger partial charge in [-0.1, -0.05) is 49.5 Å². The number of halogens is 3. The van der Waals surface area contributed by atoms with E-state index in [9.17, 15) is 9.59 Å². The predicted octanol–water partition coefficient (Wildman–Crippen LogP) is 7.24. The first-order valence-corrected chi connectivity index (χ1v) is 12.1. The number of benzene rings is 2. The average Bonchev–Trinajstić information content (AvgIpc) is 3.50. The van der Waals surface area contributed by atoms with Crippen LogP contribution in [0, 0.1) is 0 Å². The van der Waals surface area contributed by atoms with E-state index in [1.54, 1.807) is 24.3 Å². The predicted molar refractivity (Wildman–Crippen MR) is 133 cm³/mol. The minimum absolute atomic E-state index is 0.0492. The third-order valence-electron chi connectivity index (χ3n) is 4.60. The third kappa shape index (κ3) is 4.41. The maximum Gasteiger partial charge on any atom is 0.379 e. The molecule has 0 bridgehead atoms. The lowest BCUT2D eigenvalue weighted by molar-refractivity contribution is -0.129. The van der Waals surface area contributed by atoms with Crippen molar-refractivity contribution >= 4 is 88.8 Å². The van der Waals surface area contributed by atoms with Gasteiger partial charge in [0.2, 0.25) is 11.7 Å². The van der Waals surface area contributed by atoms with Gasteiger partial charge in [0.1, 0.15) is 10.6 Å². The zero-order valence-electron chi connectivity index (χ0n) is 16.3. The van der Waals surface area contributed by atoms with Gasteiger partial charge in [-0.05, 0) is 48.5 Å². The summed E-state index contributed by atoms with van der Waals surface area (Å²) in [6, 6.07) is 13.8. The summed E-state index contributed by atoms with van der Waals surface area (Å²) in [6.07, 6.45) is 2.87. The maximum atomic E-state index is 12.6. The van der Waals surface area contributed by atoms with E-state index in [1.807, 2.05) is 18.2 Å². The second-order valence-corrected chi connectivity index (χ2v) is 10.0. The topological polar surface area (TPSA) is 78.1 Å². The molecule has 5 rings (SSSR count). The molecule has 0 N–H and O–H groups in total. The fourth-order valence-electron chi connectivity index (χ4n) is 3.10.